The number of benzene rings is 2. The minimum atomic E-state index is 0. The van der Waals surface area contributed by atoms with Crippen LogP contribution >= 0.6 is 0 Å². The first kappa shape index (κ1) is 30.7. The molecule has 0 aliphatic heterocycles. The molecular formula is C17H16Y5-2. The molecule has 0 heterocycles. The average Bonchev–Trinajstić information content (AvgIpc) is 2.47. The molecule has 101 valence electrons. The summed E-state index contributed by atoms with van der Waals surface area (Å²) in [5.74, 6) is 0. The molecule has 0 N–H and O–H groups in total. The largest absolute Gasteiger partial charge is 0.178 e. The van der Waals surface area contributed by atoms with Crippen molar-refractivity contribution < 1.29 is 164 Å². The van der Waals surface area contributed by atoms with E-state index >= 15 is 0 Å². The van der Waals surface area contributed by atoms with Gasteiger partial charge in [0.2, 0.25) is 0 Å². The summed E-state index contributed by atoms with van der Waals surface area (Å²) in [4.78, 5) is 0. The summed E-state index contributed by atoms with van der Waals surface area (Å²) in [5.41, 5.74) is 8.14. The number of hydrogen-bond donors (Lipinski definition) is 0. The topological polar surface area (TPSA) is 0 Å². The zero-order valence-electron chi connectivity index (χ0n) is 13.3. The predicted octanol–water partition coefficient (Wildman–Crippen LogP) is 3.58. The van der Waals surface area contributed by atoms with Gasteiger partial charge in [0.15, 0.2) is 0 Å². The van der Waals surface area contributed by atoms with Crippen LogP contribution in [0.1, 0.15) is 33.4 Å². The summed E-state index contributed by atoms with van der Waals surface area (Å²) in [6.07, 6.45) is 3.25. The standard InChI is InChI=1S/C17H16.5Y/c1-12-4-6-16-11-17-10-13(2)3-5-14(17)7-8-15(16)9-12;;;;;/h3-6H,7-8,11H2,1-2H3;;;;;/q-2;;;;;. The van der Waals surface area contributed by atoms with Crippen LogP contribution in [0.15, 0.2) is 24.3 Å². The normalized spacial score (nSPS) is 10.6. The molecule has 0 saturated carbocycles. The summed E-state index contributed by atoms with van der Waals surface area (Å²) in [6.45, 7) is 4.24. The zero-order valence-corrected chi connectivity index (χ0v) is 27.5. The molecule has 0 spiro atoms. The van der Waals surface area contributed by atoms with E-state index in [4.69, 9.17) is 0 Å². The second kappa shape index (κ2) is 14.9. The number of fused-ring (bicyclic) bond motifs is 2. The molecule has 3 rings (SSSR count). The average molecular weight is 665 g/mol. The monoisotopic (exact) mass is 665 g/mol. The fraction of sp³-hybridized carbons (Fsp3) is 0.294. The van der Waals surface area contributed by atoms with Crippen LogP contribution in [0.25, 0.3) is 0 Å². The van der Waals surface area contributed by atoms with E-state index < -0.39 is 0 Å². The Morgan fingerprint density at radius 2 is 1.14 bits per heavy atom. The molecule has 22 heavy (non-hydrogen) atoms. The molecule has 1 aliphatic carbocycles. The van der Waals surface area contributed by atoms with E-state index in [1.165, 1.54) is 33.4 Å². The minimum Gasteiger partial charge on any atom is -0.178 e. The maximum Gasteiger partial charge on any atom is 0 e. The summed E-state index contributed by atoms with van der Waals surface area (Å²) >= 11 is 0. The van der Waals surface area contributed by atoms with E-state index in [0.717, 1.165) is 19.3 Å². The van der Waals surface area contributed by atoms with Gasteiger partial charge >= 0.3 is 0 Å². The molecule has 1 aliphatic rings. The smallest absolute Gasteiger partial charge is 0 e. The van der Waals surface area contributed by atoms with Crippen LogP contribution < -0.4 is 0 Å². The van der Waals surface area contributed by atoms with Crippen molar-refractivity contribution in [1.82, 2.24) is 0 Å². The Morgan fingerprint density at radius 3 is 1.73 bits per heavy atom. The van der Waals surface area contributed by atoms with Gasteiger partial charge in [-0.2, -0.15) is 69.8 Å². The van der Waals surface area contributed by atoms with Crippen molar-refractivity contribution >= 4 is 0 Å². The Hall–Kier alpha value is 3.96. The van der Waals surface area contributed by atoms with E-state index in [9.17, 15) is 0 Å². The number of aryl methyl sites for hydroxylation is 4. The Labute approximate surface area is 260 Å². The third-order valence-electron chi connectivity index (χ3n) is 3.55. The molecule has 0 amide bonds. The molecule has 0 nitrogen and oxygen atoms in total. The molecule has 5 radical (unpaired) electrons. The number of hydrogen-bond acceptors (Lipinski definition) is 0. The van der Waals surface area contributed by atoms with Crippen LogP contribution in [0, 0.1) is 26.0 Å². The van der Waals surface area contributed by atoms with Gasteiger partial charge < -0.3 is 0 Å². The molecular weight excluding hydrogens is 649 g/mol. The fourth-order valence-electron chi connectivity index (χ4n) is 2.60. The first-order chi connectivity index (χ1) is 8.22. The van der Waals surface area contributed by atoms with E-state index in [1.54, 1.807) is 0 Å². The molecule has 0 saturated heterocycles. The second-order valence-electron chi connectivity index (χ2n) is 4.97. The first-order valence-corrected chi connectivity index (χ1v) is 6.24. The summed E-state index contributed by atoms with van der Waals surface area (Å²) < 4.78 is 0. The molecule has 5 heteroatoms. The van der Waals surface area contributed by atoms with Gasteiger partial charge in [-0.1, -0.05) is 33.1 Å². The predicted molar refractivity (Wildman–Crippen MR) is 70.2 cm³/mol. The van der Waals surface area contributed by atoms with Crippen molar-refractivity contribution in [3.63, 3.8) is 0 Å². The quantitative estimate of drug-likeness (QED) is 0.378. The van der Waals surface area contributed by atoms with E-state index in [0.29, 0.717) is 0 Å². The fourth-order valence-corrected chi connectivity index (χ4v) is 2.60. The first-order valence-electron chi connectivity index (χ1n) is 6.24. The molecule has 0 unspecified atom stereocenters. The van der Waals surface area contributed by atoms with Crippen LogP contribution in [0.2, 0.25) is 0 Å². The molecule has 0 atom stereocenters. The van der Waals surface area contributed by atoms with Crippen molar-refractivity contribution in [2.24, 2.45) is 0 Å². The molecule has 0 fully saturated rings. The van der Waals surface area contributed by atoms with Gasteiger partial charge in [0.25, 0.3) is 0 Å². The van der Waals surface area contributed by atoms with Gasteiger partial charge in [-0.3, -0.25) is 0 Å². The van der Waals surface area contributed by atoms with E-state index in [1.807, 2.05) is 0 Å². The van der Waals surface area contributed by atoms with Crippen molar-refractivity contribution in [3.05, 3.63) is 69.8 Å². The maximum atomic E-state index is 3.51. The van der Waals surface area contributed by atoms with E-state index in [2.05, 4.69) is 50.2 Å². The second-order valence-corrected chi connectivity index (χ2v) is 4.97. The van der Waals surface area contributed by atoms with Gasteiger partial charge in [0.1, 0.15) is 0 Å². The van der Waals surface area contributed by atoms with Gasteiger partial charge in [0, 0.05) is 164 Å². The van der Waals surface area contributed by atoms with Crippen LogP contribution in [0.3, 0.4) is 0 Å². The van der Waals surface area contributed by atoms with Crippen LogP contribution in [0.5, 0.6) is 0 Å². The Balaban J connectivity index is -0.000000722. The molecule has 0 aromatic heterocycles. The van der Waals surface area contributed by atoms with Gasteiger partial charge in [-0.05, 0) is 0 Å². The van der Waals surface area contributed by atoms with Crippen molar-refractivity contribution in [2.75, 3.05) is 0 Å². The van der Waals surface area contributed by atoms with Gasteiger partial charge in [-0.15, -0.1) is 0 Å². The van der Waals surface area contributed by atoms with Crippen molar-refractivity contribution in [3.8, 4) is 0 Å². The van der Waals surface area contributed by atoms with Crippen molar-refractivity contribution in [2.45, 2.75) is 33.1 Å². The number of rotatable bonds is 0. The molecule has 0 bridgehead atoms. The summed E-state index contributed by atoms with van der Waals surface area (Å²) in [6, 6.07) is 15.9. The Bertz CT molecular complexity index is 581. The molecule has 2 aromatic carbocycles. The third kappa shape index (κ3) is 8.32. The Morgan fingerprint density at radius 1 is 0.636 bits per heavy atom. The van der Waals surface area contributed by atoms with Crippen LogP contribution in [0.4, 0.5) is 0 Å². The maximum absolute atomic E-state index is 3.51. The Kier molecular flexibility index (Phi) is 20.8. The minimum absolute atomic E-state index is 0. The van der Waals surface area contributed by atoms with Gasteiger partial charge in [0.05, 0.1) is 0 Å². The SMILES string of the molecule is Cc1[c-]c2c(cc1)CCc1[c-]c(C)ccc1C2.[Y].[Y].[Y].[Y].[Y]. The van der Waals surface area contributed by atoms with Gasteiger partial charge in [-0.25, -0.2) is 0 Å². The van der Waals surface area contributed by atoms with E-state index in [-0.39, 0.29) is 164 Å². The van der Waals surface area contributed by atoms with Crippen molar-refractivity contribution in [1.29, 1.82) is 0 Å². The third-order valence-corrected chi connectivity index (χ3v) is 3.55. The molecule has 2 aromatic rings. The zero-order chi connectivity index (χ0) is 11.8. The van der Waals surface area contributed by atoms with Crippen LogP contribution in [-0.2, 0) is 183 Å². The van der Waals surface area contributed by atoms with Crippen LogP contribution in [-0.4, -0.2) is 0 Å². The summed E-state index contributed by atoms with van der Waals surface area (Å²) in [7, 11) is 0. The summed E-state index contributed by atoms with van der Waals surface area (Å²) in [5, 5.41) is 0.